The van der Waals surface area contributed by atoms with Crippen LogP contribution in [0.4, 0.5) is 5.69 Å². The topological polar surface area (TPSA) is 108 Å². The highest BCUT2D eigenvalue weighted by molar-refractivity contribution is 6.00. The van der Waals surface area contributed by atoms with Gasteiger partial charge < -0.3 is 10.3 Å². The lowest BCUT2D eigenvalue weighted by molar-refractivity contribution is 0.649. The monoisotopic (exact) mass is 498 g/mol. The van der Waals surface area contributed by atoms with Crippen molar-refractivity contribution in [2.75, 3.05) is 5.32 Å². The lowest BCUT2D eigenvalue weighted by atomic mass is 10.0. The smallest absolute Gasteiger partial charge is 0.181 e. The Morgan fingerprint density at radius 3 is 2.55 bits per heavy atom. The minimum absolute atomic E-state index is 0.538. The van der Waals surface area contributed by atoms with Gasteiger partial charge in [0.15, 0.2) is 5.65 Å². The van der Waals surface area contributed by atoms with E-state index in [0.29, 0.717) is 11.6 Å². The van der Waals surface area contributed by atoms with Crippen molar-refractivity contribution in [1.82, 2.24) is 35.1 Å². The van der Waals surface area contributed by atoms with Gasteiger partial charge in [0.25, 0.3) is 0 Å². The number of nitrogens with zero attached hydrogens (tertiary/aromatic N) is 5. The molecule has 0 aromatic carbocycles. The van der Waals surface area contributed by atoms with Crippen LogP contribution in [0.1, 0.15) is 25.7 Å². The van der Waals surface area contributed by atoms with Crippen LogP contribution in [0.2, 0.25) is 0 Å². The molecule has 0 bridgehead atoms. The van der Waals surface area contributed by atoms with Crippen molar-refractivity contribution in [3.8, 4) is 33.8 Å². The fraction of sp³-hybridized carbons (Fsp3) is 0.167. The number of hydrogen-bond acceptors (Lipinski definition) is 6. The largest absolute Gasteiger partial charge is 0.358 e. The van der Waals surface area contributed by atoms with Crippen LogP contribution in [0.3, 0.4) is 0 Å². The maximum Gasteiger partial charge on any atom is 0.181 e. The Morgan fingerprint density at radius 2 is 1.68 bits per heavy atom. The third kappa shape index (κ3) is 4.00. The summed E-state index contributed by atoms with van der Waals surface area (Å²) >= 11 is 0. The minimum atomic E-state index is 0.538. The van der Waals surface area contributed by atoms with E-state index in [1.807, 2.05) is 43.0 Å². The highest BCUT2D eigenvalue weighted by Gasteiger charge is 2.19. The van der Waals surface area contributed by atoms with Crippen LogP contribution in [0.25, 0.3) is 55.7 Å². The summed E-state index contributed by atoms with van der Waals surface area (Å²) in [5, 5.41) is 13.1. The normalized spacial score (nSPS) is 13.9. The Labute approximate surface area is 219 Å². The van der Waals surface area contributed by atoms with Gasteiger partial charge in [-0.05, 0) is 55.2 Å². The third-order valence-corrected chi connectivity index (χ3v) is 7.41. The zero-order valence-electron chi connectivity index (χ0n) is 20.8. The summed E-state index contributed by atoms with van der Waals surface area (Å²) in [6.07, 6.45) is 15.9. The molecule has 1 aliphatic carbocycles. The number of hydrogen-bond donors (Lipinski definition) is 3. The molecule has 0 spiro atoms. The van der Waals surface area contributed by atoms with E-state index < -0.39 is 0 Å². The fourth-order valence-corrected chi connectivity index (χ4v) is 5.42. The fourth-order valence-electron chi connectivity index (χ4n) is 5.42. The first-order valence-electron chi connectivity index (χ1n) is 12.9. The molecule has 6 heterocycles. The number of fused-ring (bicyclic) bond motifs is 2. The van der Waals surface area contributed by atoms with Crippen molar-refractivity contribution in [2.24, 2.45) is 5.92 Å². The van der Waals surface area contributed by atoms with Crippen molar-refractivity contribution in [3.05, 3.63) is 85.9 Å². The molecule has 0 saturated heterocycles. The predicted octanol–water partition coefficient (Wildman–Crippen LogP) is 6.74. The summed E-state index contributed by atoms with van der Waals surface area (Å²) in [5.41, 5.74) is 9.36. The molecular weight excluding hydrogens is 472 g/mol. The average Bonchev–Trinajstić information content (AvgIpc) is 3.73. The van der Waals surface area contributed by atoms with Gasteiger partial charge in [-0.1, -0.05) is 19.4 Å². The van der Waals surface area contributed by atoms with Crippen LogP contribution in [0.5, 0.6) is 0 Å². The van der Waals surface area contributed by atoms with Crippen molar-refractivity contribution < 1.29 is 0 Å². The van der Waals surface area contributed by atoms with E-state index in [2.05, 4.69) is 65.2 Å². The molecule has 7 rings (SSSR count). The van der Waals surface area contributed by atoms with Crippen LogP contribution in [0, 0.1) is 5.92 Å². The average molecular weight is 499 g/mol. The van der Waals surface area contributed by atoms with Gasteiger partial charge in [-0.15, -0.1) is 0 Å². The Balaban J connectivity index is 1.25. The second-order valence-electron chi connectivity index (χ2n) is 9.83. The molecule has 8 nitrogen and oxygen atoms in total. The first-order valence-corrected chi connectivity index (χ1v) is 12.9. The highest BCUT2D eigenvalue weighted by Crippen LogP contribution is 2.35. The zero-order chi connectivity index (χ0) is 25.5. The van der Waals surface area contributed by atoms with E-state index in [4.69, 9.17) is 0 Å². The number of H-pyrrole nitrogens is 2. The summed E-state index contributed by atoms with van der Waals surface area (Å²) in [4.78, 5) is 21.4. The van der Waals surface area contributed by atoms with Gasteiger partial charge in [0.05, 0.1) is 29.0 Å². The van der Waals surface area contributed by atoms with E-state index in [0.717, 1.165) is 61.4 Å². The van der Waals surface area contributed by atoms with Crippen molar-refractivity contribution >= 4 is 27.6 Å². The quantitative estimate of drug-likeness (QED) is 0.235. The van der Waals surface area contributed by atoms with Gasteiger partial charge in [0, 0.05) is 69.7 Å². The molecule has 0 atom stereocenters. The first kappa shape index (κ1) is 22.4. The maximum atomic E-state index is 4.64. The molecule has 0 radical (unpaired) electrons. The standard InChI is InChI=1S/C30H26N8/c1-18(19-4-2-3-5-19)35-23-12-21(15-32-17-23)22-13-25-29(37-38-30(25)34-16-22)27-14-24-26(36-27)8-11-33-28(24)20-6-9-31-10-7-20/h6-17,19,35-36H,1-5H2,(H,34,37,38). The zero-order valence-corrected chi connectivity index (χ0v) is 20.8. The lowest BCUT2D eigenvalue weighted by Gasteiger charge is -2.15. The molecule has 6 aromatic rings. The Hall–Kier alpha value is -4.85. The van der Waals surface area contributed by atoms with Crippen molar-refractivity contribution in [1.29, 1.82) is 0 Å². The molecule has 1 fully saturated rings. The summed E-state index contributed by atoms with van der Waals surface area (Å²) in [6.45, 7) is 4.28. The molecule has 1 aliphatic rings. The lowest BCUT2D eigenvalue weighted by Crippen LogP contribution is -2.07. The van der Waals surface area contributed by atoms with Crippen molar-refractivity contribution in [2.45, 2.75) is 25.7 Å². The number of nitrogens with one attached hydrogen (secondary N) is 3. The van der Waals surface area contributed by atoms with E-state index in [1.54, 1.807) is 12.4 Å². The number of anilines is 1. The van der Waals surface area contributed by atoms with Gasteiger partial charge in [0.1, 0.15) is 0 Å². The summed E-state index contributed by atoms with van der Waals surface area (Å²) in [5.74, 6) is 0.538. The molecule has 0 amide bonds. The number of rotatable bonds is 6. The molecule has 0 unspecified atom stereocenters. The SMILES string of the molecule is C=C(Nc1cncc(-c2cnc3n[nH]c(-c4cc5c(-c6ccncc6)nccc5[nH]4)c3c2)c1)C1CCCC1. The second-order valence-corrected chi connectivity index (χ2v) is 9.83. The Kier molecular flexibility index (Phi) is 5.43. The van der Waals surface area contributed by atoms with Crippen LogP contribution in [-0.4, -0.2) is 35.1 Å². The molecule has 3 N–H and O–H groups in total. The Bertz CT molecular complexity index is 1780. The van der Waals surface area contributed by atoms with Crippen molar-refractivity contribution in [3.63, 3.8) is 0 Å². The maximum absolute atomic E-state index is 4.64. The summed E-state index contributed by atoms with van der Waals surface area (Å²) < 4.78 is 0. The molecular formula is C30H26N8. The number of aromatic amines is 2. The van der Waals surface area contributed by atoms with E-state index in [9.17, 15) is 0 Å². The number of pyridine rings is 4. The third-order valence-electron chi connectivity index (χ3n) is 7.41. The van der Waals surface area contributed by atoms with E-state index in [1.165, 1.54) is 25.7 Å². The van der Waals surface area contributed by atoms with Gasteiger partial charge >= 0.3 is 0 Å². The van der Waals surface area contributed by atoms with Crippen LogP contribution in [-0.2, 0) is 0 Å². The van der Waals surface area contributed by atoms with E-state index >= 15 is 0 Å². The minimum Gasteiger partial charge on any atom is -0.358 e. The Morgan fingerprint density at radius 1 is 0.842 bits per heavy atom. The number of allylic oxidation sites excluding steroid dienone is 1. The summed E-state index contributed by atoms with van der Waals surface area (Å²) in [6, 6.07) is 12.2. The molecule has 6 aromatic heterocycles. The highest BCUT2D eigenvalue weighted by atomic mass is 15.2. The number of aromatic nitrogens is 7. The van der Waals surface area contributed by atoms with Gasteiger partial charge in [0.2, 0.25) is 0 Å². The molecule has 0 aliphatic heterocycles. The van der Waals surface area contributed by atoms with Gasteiger partial charge in [-0.2, -0.15) is 5.10 Å². The van der Waals surface area contributed by atoms with Crippen LogP contribution >= 0.6 is 0 Å². The molecule has 8 heteroatoms. The summed E-state index contributed by atoms with van der Waals surface area (Å²) in [7, 11) is 0. The van der Waals surface area contributed by atoms with Gasteiger partial charge in [-0.3, -0.25) is 20.1 Å². The molecule has 38 heavy (non-hydrogen) atoms. The predicted molar refractivity (Wildman–Crippen MR) is 150 cm³/mol. The van der Waals surface area contributed by atoms with Crippen LogP contribution in [0.15, 0.2) is 85.9 Å². The molecule has 1 saturated carbocycles. The first-order chi connectivity index (χ1) is 18.7. The van der Waals surface area contributed by atoms with Crippen LogP contribution < -0.4 is 5.32 Å². The second kappa shape index (κ2) is 9.23. The van der Waals surface area contributed by atoms with Gasteiger partial charge in [-0.25, -0.2) is 4.98 Å². The van der Waals surface area contributed by atoms with E-state index in [-0.39, 0.29) is 0 Å². The molecule has 186 valence electrons.